The van der Waals surface area contributed by atoms with Crippen molar-refractivity contribution < 1.29 is 14.4 Å². The fraction of sp³-hybridized carbons (Fsp3) is 0.250. The molecule has 0 aliphatic rings. The number of hydrogen-bond donors (Lipinski definition) is 3. The summed E-state index contributed by atoms with van der Waals surface area (Å²) in [7, 11) is 1.60. The van der Waals surface area contributed by atoms with Crippen LogP contribution in [0.1, 0.15) is 23.6 Å². The van der Waals surface area contributed by atoms with Crippen LogP contribution < -0.4 is 20.9 Å². The van der Waals surface area contributed by atoms with Gasteiger partial charge in [-0.05, 0) is 66.5 Å². The number of nitrogens with zero attached hydrogens (tertiary/aromatic N) is 1. The number of rotatable bonds is 7. The van der Waals surface area contributed by atoms with Gasteiger partial charge in [0.1, 0.15) is 5.75 Å². The van der Waals surface area contributed by atoms with Crippen LogP contribution in [0.5, 0.6) is 5.75 Å². The number of amides is 1. The first-order valence-electron chi connectivity index (χ1n) is 8.77. The Morgan fingerprint density at radius 2 is 1.93 bits per heavy atom. The third-order valence-electron chi connectivity index (χ3n) is 3.88. The number of para-hydroxylation sites is 1. The van der Waals surface area contributed by atoms with E-state index in [1.165, 1.54) is 6.21 Å². The van der Waals surface area contributed by atoms with Crippen molar-refractivity contribution >= 4 is 35.1 Å². The van der Waals surface area contributed by atoms with Gasteiger partial charge in [-0.25, -0.2) is 0 Å². The summed E-state index contributed by atoms with van der Waals surface area (Å²) in [6.07, 6.45) is 2.38. The molecule has 0 aromatic heterocycles. The lowest BCUT2D eigenvalue weighted by Crippen LogP contribution is -2.45. The predicted octanol–water partition coefficient (Wildman–Crippen LogP) is 2.93. The number of methoxy groups -OCH3 is 1. The molecule has 7 nitrogen and oxygen atoms in total. The van der Waals surface area contributed by atoms with Gasteiger partial charge in [0.05, 0.1) is 13.3 Å². The van der Waals surface area contributed by atoms with Gasteiger partial charge in [-0.3, -0.25) is 15.6 Å². The van der Waals surface area contributed by atoms with Crippen LogP contribution in [0.4, 0.5) is 5.69 Å². The van der Waals surface area contributed by atoms with Gasteiger partial charge in [0, 0.05) is 5.69 Å². The Morgan fingerprint density at radius 3 is 2.61 bits per heavy atom. The van der Waals surface area contributed by atoms with Crippen LogP contribution in [0.25, 0.3) is 0 Å². The molecule has 0 radical (unpaired) electrons. The Hall–Kier alpha value is -3.13. The van der Waals surface area contributed by atoms with Gasteiger partial charge < -0.3 is 14.9 Å². The highest BCUT2D eigenvalue weighted by atomic mass is 32.1. The first-order valence-corrected chi connectivity index (χ1v) is 9.18. The lowest BCUT2D eigenvalue weighted by atomic mass is 10.1. The quantitative estimate of drug-likeness (QED) is 0.377. The molecule has 0 saturated carbocycles. The van der Waals surface area contributed by atoms with Gasteiger partial charge in [0.25, 0.3) is 5.91 Å². The number of hydrogen-bond acceptors (Lipinski definition) is 5. The lowest BCUT2D eigenvalue weighted by Gasteiger charge is -2.16. The molecule has 0 unspecified atom stereocenters. The van der Waals surface area contributed by atoms with Crippen LogP contribution in [0.3, 0.4) is 0 Å². The van der Waals surface area contributed by atoms with E-state index in [4.69, 9.17) is 21.8 Å². The zero-order valence-electron chi connectivity index (χ0n) is 16.1. The summed E-state index contributed by atoms with van der Waals surface area (Å²) in [6, 6.07) is 13.3. The third kappa shape index (κ3) is 6.55. The number of oxime groups is 1. The van der Waals surface area contributed by atoms with Crippen molar-refractivity contribution in [3.05, 3.63) is 59.2 Å². The van der Waals surface area contributed by atoms with Crippen LogP contribution in [0.15, 0.2) is 47.6 Å². The highest BCUT2D eigenvalue weighted by molar-refractivity contribution is 7.80. The van der Waals surface area contributed by atoms with Gasteiger partial charge in [-0.2, -0.15) is 0 Å². The molecule has 2 rings (SSSR count). The molecule has 0 saturated heterocycles. The summed E-state index contributed by atoms with van der Waals surface area (Å²) in [6.45, 7) is 3.83. The molecule has 0 heterocycles. The SMILES string of the molecule is CCc1cccc(C)c1NC(=S)NNC(=O)CO/N=C\c1ccc(OC)cc1. The number of anilines is 1. The Morgan fingerprint density at radius 1 is 1.18 bits per heavy atom. The van der Waals surface area contributed by atoms with E-state index in [9.17, 15) is 4.79 Å². The van der Waals surface area contributed by atoms with Gasteiger partial charge in [-0.1, -0.05) is 30.3 Å². The average Bonchev–Trinajstić information content (AvgIpc) is 2.71. The summed E-state index contributed by atoms with van der Waals surface area (Å²) >= 11 is 5.22. The minimum absolute atomic E-state index is 0.243. The second kappa shape index (κ2) is 10.9. The molecule has 3 N–H and O–H groups in total. The molecule has 2 aromatic rings. The summed E-state index contributed by atoms with van der Waals surface area (Å²) in [5.74, 6) is 0.349. The topological polar surface area (TPSA) is 84.0 Å². The zero-order valence-corrected chi connectivity index (χ0v) is 16.9. The van der Waals surface area contributed by atoms with E-state index < -0.39 is 5.91 Å². The highest BCUT2D eigenvalue weighted by Crippen LogP contribution is 2.20. The van der Waals surface area contributed by atoms with Crippen molar-refractivity contribution in [3.63, 3.8) is 0 Å². The molecular formula is C20H24N4O3S. The molecule has 8 heteroatoms. The second-order valence-corrected chi connectivity index (χ2v) is 6.28. The summed E-state index contributed by atoms with van der Waals surface area (Å²) in [5.41, 5.74) is 9.11. The summed E-state index contributed by atoms with van der Waals surface area (Å²) in [4.78, 5) is 16.8. The highest BCUT2D eigenvalue weighted by Gasteiger charge is 2.07. The smallest absolute Gasteiger partial charge is 0.279 e. The van der Waals surface area contributed by atoms with Crippen LogP contribution in [0, 0.1) is 6.92 Å². The summed E-state index contributed by atoms with van der Waals surface area (Å²) < 4.78 is 5.08. The van der Waals surface area contributed by atoms with Crippen LogP contribution >= 0.6 is 12.2 Å². The van der Waals surface area contributed by atoms with E-state index in [1.54, 1.807) is 7.11 Å². The second-order valence-electron chi connectivity index (χ2n) is 5.87. The molecular weight excluding hydrogens is 376 g/mol. The molecule has 0 aliphatic heterocycles. The summed E-state index contributed by atoms with van der Waals surface area (Å²) in [5, 5.41) is 7.16. The van der Waals surface area contributed by atoms with E-state index in [1.807, 2.05) is 49.4 Å². The number of benzene rings is 2. The van der Waals surface area contributed by atoms with Crippen molar-refractivity contribution in [3.8, 4) is 5.75 Å². The maximum atomic E-state index is 11.8. The number of thiocarbonyl (C=S) groups is 1. The van der Waals surface area contributed by atoms with Crippen molar-refractivity contribution in [2.45, 2.75) is 20.3 Å². The number of nitrogens with one attached hydrogen (secondary N) is 3. The Balaban J connectivity index is 1.73. The molecule has 0 bridgehead atoms. The molecule has 1 amide bonds. The number of carbonyl (C=O) groups excluding carboxylic acids is 1. The Bertz CT molecular complexity index is 838. The normalized spacial score (nSPS) is 10.4. The van der Waals surface area contributed by atoms with Crippen LogP contribution in [-0.2, 0) is 16.1 Å². The largest absolute Gasteiger partial charge is 0.497 e. The molecule has 0 fully saturated rings. The monoisotopic (exact) mass is 400 g/mol. The molecule has 0 spiro atoms. The fourth-order valence-electron chi connectivity index (χ4n) is 2.39. The van der Waals surface area contributed by atoms with Gasteiger partial charge in [-0.15, -0.1) is 0 Å². The first kappa shape index (κ1) is 21.2. The number of hydrazine groups is 1. The van der Waals surface area contributed by atoms with Crippen molar-refractivity contribution in [1.29, 1.82) is 0 Å². The fourth-order valence-corrected chi connectivity index (χ4v) is 2.55. The van der Waals surface area contributed by atoms with Gasteiger partial charge in [0.2, 0.25) is 0 Å². The van der Waals surface area contributed by atoms with Crippen LogP contribution in [0.2, 0.25) is 0 Å². The number of aryl methyl sites for hydroxylation is 2. The lowest BCUT2D eigenvalue weighted by molar-refractivity contribution is -0.126. The van der Waals surface area contributed by atoms with Crippen molar-refractivity contribution in [2.24, 2.45) is 5.16 Å². The minimum Gasteiger partial charge on any atom is -0.497 e. The van der Waals surface area contributed by atoms with E-state index in [2.05, 4.69) is 28.2 Å². The third-order valence-corrected chi connectivity index (χ3v) is 4.09. The minimum atomic E-state index is -0.406. The van der Waals surface area contributed by atoms with E-state index in [0.29, 0.717) is 5.11 Å². The molecule has 148 valence electrons. The first-order chi connectivity index (χ1) is 13.5. The Labute approximate surface area is 170 Å². The predicted molar refractivity (Wildman–Crippen MR) is 115 cm³/mol. The number of carbonyl (C=O) groups is 1. The van der Waals surface area contributed by atoms with E-state index in [0.717, 1.165) is 34.5 Å². The average molecular weight is 401 g/mol. The van der Waals surface area contributed by atoms with Crippen molar-refractivity contribution in [1.82, 2.24) is 10.9 Å². The van der Waals surface area contributed by atoms with Crippen LogP contribution in [-0.4, -0.2) is 31.0 Å². The number of ether oxygens (including phenoxy) is 1. The molecule has 0 atom stereocenters. The van der Waals surface area contributed by atoms with Gasteiger partial charge >= 0.3 is 0 Å². The maximum absolute atomic E-state index is 11.8. The van der Waals surface area contributed by atoms with E-state index >= 15 is 0 Å². The van der Waals surface area contributed by atoms with Gasteiger partial charge in [0.15, 0.2) is 11.7 Å². The molecule has 28 heavy (non-hydrogen) atoms. The van der Waals surface area contributed by atoms with Crippen molar-refractivity contribution in [2.75, 3.05) is 19.0 Å². The standard InChI is InChI=1S/C20H24N4O3S/c1-4-16-7-5-6-14(2)19(16)22-20(28)24-23-18(25)13-27-21-12-15-8-10-17(26-3)11-9-15/h5-12H,4,13H2,1-3H3,(H,23,25)(H2,22,24,28)/b21-12-. The zero-order chi connectivity index (χ0) is 20.4. The van der Waals surface area contributed by atoms with E-state index in [-0.39, 0.29) is 6.61 Å². The molecule has 0 aliphatic carbocycles. The maximum Gasteiger partial charge on any atom is 0.279 e. The Kier molecular flexibility index (Phi) is 8.23. The molecule has 2 aromatic carbocycles.